The standard InChI is InChI=1S/C14H11ClFNO3/c1-8-2-5-12(13(17-8)14(18)19)20-7-9-3-4-10(15)6-11(9)16/h2-6H,7H2,1H3,(H,18,19). The molecule has 0 spiro atoms. The highest BCUT2D eigenvalue weighted by Gasteiger charge is 2.14. The van der Waals surface area contributed by atoms with Crippen molar-refractivity contribution in [3.63, 3.8) is 0 Å². The van der Waals surface area contributed by atoms with E-state index < -0.39 is 11.8 Å². The molecule has 1 N–H and O–H groups in total. The van der Waals surface area contributed by atoms with Crippen molar-refractivity contribution < 1.29 is 19.0 Å². The monoisotopic (exact) mass is 295 g/mol. The molecule has 0 saturated carbocycles. The largest absolute Gasteiger partial charge is 0.486 e. The summed E-state index contributed by atoms with van der Waals surface area (Å²) in [6, 6.07) is 7.32. The SMILES string of the molecule is Cc1ccc(OCc2ccc(Cl)cc2F)c(C(=O)O)n1. The Labute approximate surface area is 119 Å². The maximum atomic E-state index is 13.6. The molecule has 0 bridgehead atoms. The first-order chi connectivity index (χ1) is 9.47. The zero-order chi connectivity index (χ0) is 14.7. The fourth-order valence-corrected chi connectivity index (χ4v) is 1.77. The lowest BCUT2D eigenvalue weighted by atomic mass is 10.2. The fraction of sp³-hybridized carbons (Fsp3) is 0.143. The zero-order valence-corrected chi connectivity index (χ0v) is 11.3. The van der Waals surface area contributed by atoms with E-state index in [1.165, 1.54) is 24.3 Å². The Hall–Kier alpha value is -2.14. The van der Waals surface area contributed by atoms with Crippen molar-refractivity contribution in [2.45, 2.75) is 13.5 Å². The molecule has 0 radical (unpaired) electrons. The molecule has 20 heavy (non-hydrogen) atoms. The molecule has 4 nitrogen and oxygen atoms in total. The number of carbonyl (C=O) groups is 1. The molecule has 0 fully saturated rings. The van der Waals surface area contributed by atoms with Gasteiger partial charge in [0, 0.05) is 16.3 Å². The van der Waals surface area contributed by atoms with Crippen molar-refractivity contribution in [3.8, 4) is 5.75 Å². The molecular formula is C14H11ClFNO3. The maximum Gasteiger partial charge on any atom is 0.358 e. The molecule has 6 heteroatoms. The van der Waals surface area contributed by atoms with Gasteiger partial charge in [0.2, 0.25) is 0 Å². The van der Waals surface area contributed by atoms with Crippen molar-refractivity contribution >= 4 is 17.6 Å². The molecule has 1 heterocycles. The topological polar surface area (TPSA) is 59.4 Å². The number of pyridine rings is 1. The van der Waals surface area contributed by atoms with E-state index in [1.807, 2.05) is 0 Å². The first-order valence-corrected chi connectivity index (χ1v) is 6.13. The van der Waals surface area contributed by atoms with Crippen molar-refractivity contribution in [1.29, 1.82) is 0 Å². The number of halogens is 2. The van der Waals surface area contributed by atoms with Crippen molar-refractivity contribution in [1.82, 2.24) is 4.98 Å². The molecule has 2 rings (SSSR count). The highest BCUT2D eigenvalue weighted by atomic mass is 35.5. The van der Waals surface area contributed by atoms with Crippen molar-refractivity contribution in [2.75, 3.05) is 0 Å². The summed E-state index contributed by atoms with van der Waals surface area (Å²) in [5.41, 5.74) is 0.651. The summed E-state index contributed by atoms with van der Waals surface area (Å²) < 4.78 is 18.9. The Morgan fingerprint density at radius 2 is 2.15 bits per heavy atom. The number of benzene rings is 1. The van der Waals surface area contributed by atoms with Gasteiger partial charge in [0.1, 0.15) is 12.4 Å². The van der Waals surface area contributed by atoms with Crippen LogP contribution < -0.4 is 4.74 Å². The third-order valence-corrected chi connectivity index (χ3v) is 2.83. The second-order valence-electron chi connectivity index (χ2n) is 4.13. The first kappa shape index (κ1) is 14.3. The van der Waals surface area contributed by atoms with Gasteiger partial charge >= 0.3 is 5.97 Å². The quantitative estimate of drug-likeness (QED) is 0.938. The zero-order valence-electron chi connectivity index (χ0n) is 10.6. The van der Waals surface area contributed by atoms with Crippen LogP contribution in [0.2, 0.25) is 5.02 Å². The number of aromatic carboxylic acids is 1. The second-order valence-corrected chi connectivity index (χ2v) is 4.57. The van der Waals surface area contributed by atoms with E-state index in [0.717, 1.165) is 0 Å². The average molecular weight is 296 g/mol. The summed E-state index contributed by atoms with van der Waals surface area (Å²) in [5, 5.41) is 9.33. The highest BCUT2D eigenvalue weighted by molar-refractivity contribution is 6.30. The average Bonchev–Trinajstić information content (AvgIpc) is 2.38. The molecule has 0 saturated heterocycles. The van der Waals surface area contributed by atoms with Crippen LogP contribution >= 0.6 is 11.6 Å². The second kappa shape index (κ2) is 5.88. The Morgan fingerprint density at radius 1 is 1.40 bits per heavy atom. The number of hydrogen-bond donors (Lipinski definition) is 1. The molecule has 0 atom stereocenters. The van der Waals surface area contributed by atoms with E-state index in [9.17, 15) is 9.18 Å². The van der Waals surface area contributed by atoms with Crippen LogP contribution in [-0.4, -0.2) is 16.1 Å². The van der Waals surface area contributed by atoms with E-state index in [1.54, 1.807) is 13.0 Å². The number of carboxylic acid groups (broad SMARTS) is 1. The molecule has 0 amide bonds. The Kier molecular flexibility index (Phi) is 4.20. The summed E-state index contributed by atoms with van der Waals surface area (Å²) in [5.74, 6) is -1.60. The van der Waals surface area contributed by atoms with Gasteiger partial charge in [-0.2, -0.15) is 0 Å². The van der Waals surface area contributed by atoms with E-state index in [-0.39, 0.29) is 28.6 Å². The number of aryl methyl sites for hydroxylation is 1. The number of ether oxygens (including phenoxy) is 1. The number of carboxylic acids is 1. The molecule has 0 aliphatic rings. The van der Waals surface area contributed by atoms with Crippen LogP contribution in [0.25, 0.3) is 0 Å². The molecule has 1 aromatic carbocycles. The lowest BCUT2D eigenvalue weighted by Crippen LogP contribution is -2.07. The summed E-state index contributed by atoms with van der Waals surface area (Å²) >= 11 is 5.65. The van der Waals surface area contributed by atoms with Crippen LogP contribution in [0.3, 0.4) is 0 Å². The predicted molar refractivity (Wildman–Crippen MR) is 71.7 cm³/mol. The van der Waals surface area contributed by atoms with E-state index in [4.69, 9.17) is 21.4 Å². The molecule has 0 aliphatic heterocycles. The Bertz CT molecular complexity index is 661. The van der Waals surface area contributed by atoms with Crippen LogP contribution in [0.1, 0.15) is 21.7 Å². The molecule has 0 aliphatic carbocycles. The normalized spacial score (nSPS) is 10.3. The molecule has 0 unspecified atom stereocenters. The molecule has 1 aromatic heterocycles. The summed E-state index contributed by atoms with van der Waals surface area (Å²) in [6.45, 7) is 1.57. The number of hydrogen-bond acceptors (Lipinski definition) is 3. The van der Waals surface area contributed by atoms with Crippen LogP contribution in [0.5, 0.6) is 5.75 Å². The van der Waals surface area contributed by atoms with E-state index >= 15 is 0 Å². The lowest BCUT2D eigenvalue weighted by Gasteiger charge is -2.10. The van der Waals surface area contributed by atoms with Gasteiger partial charge < -0.3 is 9.84 Å². The van der Waals surface area contributed by atoms with Crippen LogP contribution in [-0.2, 0) is 6.61 Å². The minimum absolute atomic E-state index is 0.0949. The van der Waals surface area contributed by atoms with Gasteiger partial charge in [-0.1, -0.05) is 17.7 Å². The summed E-state index contributed by atoms with van der Waals surface area (Å²) in [4.78, 5) is 14.9. The van der Waals surface area contributed by atoms with E-state index in [0.29, 0.717) is 5.69 Å². The predicted octanol–water partition coefficient (Wildman–Crippen LogP) is 3.46. The number of rotatable bonds is 4. The number of aromatic nitrogens is 1. The smallest absolute Gasteiger partial charge is 0.358 e. The highest BCUT2D eigenvalue weighted by Crippen LogP contribution is 2.20. The third-order valence-electron chi connectivity index (χ3n) is 2.60. The van der Waals surface area contributed by atoms with Crippen LogP contribution in [0.4, 0.5) is 4.39 Å². The van der Waals surface area contributed by atoms with Gasteiger partial charge in [-0.05, 0) is 31.2 Å². The summed E-state index contributed by atoms with van der Waals surface area (Å²) in [7, 11) is 0. The van der Waals surface area contributed by atoms with Crippen molar-refractivity contribution in [3.05, 3.63) is 58.1 Å². The minimum Gasteiger partial charge on any atom is -0.486 e. The lowest BCUT2D eigenvalue weighted by molar-refractivity contribution is 0.0684. The third kappa shape index (κ3) is 3.24. The van der Waals surface area contributed by atoms with E-state index in [2.05, 4.69) is 4.98 Å². The Morgan fingerprint density at radius 3 is 2.80 bits per heavy atom. The van der Waals surface area contributed by atoms with Gasteiger partial charge in [-0.3, -0.25) is 0 Å². The van der Waals surface area contributed by atoms with Gasteiger partial charge in [-0.15, -0.1) is 0 Å². The van der Waals surface area contributed by atoms with Crippen molar-refractivity contribution in [2.24, 2.45) is 0 Å². The molecule has 2 aromatic rings. The van der Waals surface area contributed by atoms with Gasteiger partial charge in [0.05, 0.1) is 0 Å². The van der Waals surface area contributed by atoms with Crippen LogP contribution in [0, 0.1) is 12.7 Å². The van der Waals surface area contributed by atoms with Gasteiger partial charge in [-0.25, -0.2) is 14.2 Å². The molecular weight excluding hydrogens is 285 g/mol. The van der Waals surface area contributed by atoms with Gasteiger partial charge in [0.15, 0.2) is 11.4 Å². The van der Waals surface area contributed by atoms with Gasteiger partial charge in [0.25, 0.3) is 0 Å². The minimum atomic E-state index is -1.19. The fourth-order valence-electron chi connectivity index (χ4n) is 1.61. The first-order valence-electron chi connectivity index (χ1n) is 5.75. The molecule has 104 valence electrons. The number of nitrogens with zero attached hydrogens (tertiary/aromatic N) is 1. The Balaban J connectivity index is 2.20. The summed E-state index contributed by atoms with van der Waals surface area (Å²) in [6.07, 6.45) is 0. The maximum absolute atomic E-state index is 13.6. The van der Waals surface area contributed by atoms with Crippen LogP contribution in [0.15, 0.2) is 30.3 Å².